The van der Waals surface area contributed by atoms with Crippen LogP contribution in [0.4, 0.5) is 5.69 Å². The summed E-state index contributed by atoms with van der Waals surface area (Å²) in [5.41, 5.74) is 0.106. The van der Waals surface area contributed by atoms with E-state index in [1.165, 1.54) is 46.8 Å². The van der Waals surface area contributed by atoms with E-state index in [1.807, 2.05) is 0 Å². The summed E-state index contributed by atoms with van der Waals surface area (Å²) in [6, 6.07) is 9.85. The Hall–Kier alpha value is -1.32. The first-order chi connectivity index (χ1) is 12.1. The van der Waals surface area contributed by atoms with Crippen LogP contribution in [0.25, 0.3) is 0 Å². The van der Waals surface area contributed by atoms with Crippen LogP contribution in [0.15, 0.2) is 52.3 Å². The van der Waals surface area contributed by atoms with Crippen LogP contribution < -0.4 is 4.72 Å². The molecule has 6 nitrogen and oxygen atoms in total. The van der Waals surface area contributed by atoms with Gasteiger partial charge in [-0.1, -0.05) is 49.2 Å². The number of nitrogens with one attached hydrogen (secondary N) is 1. The third kappa shape index (κ3) is 4.32. The molecule has 1 N–H and O–H groups in total. The summed E-state index contributed by atoms with van der Waals surface area (Å²) in [6.07, 6.45) is 0. The molecule has 142 valence electrons. The molecule has 0 saturated heterocycles. The van der Waals surface area contributed by atoms with Crippen LogP contribution in [0.5, 0.6) is 0 Å². The van der Waals surface area contributed by atoms with Crippen molar-refractivity contribution in [3.63, 3.8) is 0 Å². The molecule has 0 saturated carbocycles. The Morgan fingerprint density at radius 1 is 0.962 bits per heavy atom. The fraction of sp³-hybridized carbons (Fsp3) is 0.250. The Labute approximate surface area is 163 Å². The fourth-order valence-electron chi connectivity index (χ4n) is 2.33. The molecule has 0 amide bonds. The number of anilines is 1. The number of hydrogen-bond donors (Lipinski definition) is 1. The minimum atomic E-state index is -4.03. The zero-order valence-electron chi connectivity index (χ0n) is 14.1. The molecule has 2 aromatic carbocycles. The maximum Gasteiger partial charge on any atom is 0.263 e. The Morgan fingerprint density at radius 2 is 1.58 bits per heavy atom. The van der Waals surface area contributed by atoms with Crippen LogP contribution in [0, 0.1) is 0 Å². The molecule has 0 aliphatic carbocycles. The van der Waals surface area contributed by atoms with Gasteiger partial charge in [0.1, 0.15) is 4.90 Å². The van der Waals surface area contributed by atoms with Crippen molar-refractivity contribution in [1.29, 1.82) is 0 Å². The molecule has 0 bridgehead atoms. The van der Waals surface area contributed by atoms with Gasteiger partial charge in [-0.2, -0.15) is 4.31 Å². The smallest absolute Gasteiger partial charge is 0.263 e. The molecule has 2 aromatic rings. The normalized spacial score (nSPS) is 12.3. The molecule has 26 heavy (non-hydrogen) atoms. The van der Waals surface area contributed by atoms with Gasteiger partial charge in [-0.15, -0.1) is 0 Å². The van der Waals surface area contributed by atoms with E-state index in [2.05, 4.69) is 4.72 Å². The molecule has 0 aliphatic rings. The van der Waals surface area contributed by atoms with Gasteiger partial charge in [-0.3, -0.25) is 4.72 Å². The highest BCUT2D eigenvalue weighted by atomic mass is 35.5. The number of nitrogens with zero attached hydrogens (tertiary/aromatic N) is 1. The lowest BCUT2D eigenvalue weighted by atomic mass is 10.3. The Morgan fingerprint density at radius 3 is 2.19 bits per heavy atom. The highest BCUT2D eigenvalue weighted by molar-refractivity contribution is 7.93. The van der Waals surface area contributed by atoms with Gasteiger partial charge in [0.15, 0.2) is 0 Å². The summed E-state index contributed by atoms with van der Waals surface area (Å²) in [7, 11) is -7.74. The number of sulfonamides is 2. The number of rotatable bonds is 7. The highest BCUT2D eigenvalue weighted by Crippen LogP contribution is 2.30. The second kappa shape index (κ2) is 8.14. The average Bonchev–Trinajstić information content (AvgIpc) is 2.58. The van der Waals surface area contributed by atoms with Crippen molar-refractivity contribution in [2.45, 2.75) is 23.6 Å². The zero-order chi connectivity index (χ0) is 19.5. The van der Waals surface area contributed by atoms with Crippen LogP contribution >= 0.6 is 23.2 Å². The summed E-state index contributed by atoms with van der Waals surface area (Å²) >= 11 is 11.8. The third-order valence-corrected chi connectivity index (χ3v) is 8.04. The largest absolute Gasteiger partial charge is 0.280 e. The van der Waals surface area contributed by atoms with Crippen molar-refractivity contribution in [2.75, 3.05) is 17.8 Å². The van der Waals surface area contributed by atoms with Crippen molar-refractivity contribution in [3.8, 4) is 0 Å². The second-order valence-corrected chi connectivity index (χ2v) is 9.65. The van der Waals surface area contributed by atoms with Crippen LogP contribution in [0.2, 0.25) is 10.0 Å². The van der Waals surface area contributed by atoms with E-state index in [9.17, 15) is 16.8 Å². The zero-order valence-corrected chi connectivity index (χ0v) is 17.3. The van der Waals surface area contributed by atoms with Crippen molar-refractivity contribution >= 4 is 48.9 Å². The van der Waals surface area contributed by atoms with E-state index in [0.717, 1.165) is 0 Å². The van der Waals surface area contributed by atoms with E-state index in [4.69, 9.17) is 23.2 Å². The standard InChI is InChI=1S/C16H18Cl2N2O4S2/c1-3-20(4-2)26(23,24)13-8-5-7-12(11-13)19-25(21,22)15-10-6-9-14(17)16(15)18/h5-11,19H,3-4H2,1-2H3. The summed E-state index contributed by atoms with van der Waals surface area (Å²) in [4.78, 5) is -0.192. The second-order valence-electron chi connectivity index (χ2n) is 5.27. The predicted molar refractivity (Wildman–Crippen MR) is 104 cm³/mol. The fourth-order valence-corrected chi connectivity index (χ4v) is 5.65. The summed E-state index contributed by atoms with van der Waals surface area (Å²) in [6.45, 7) is 4.09. The minimum Gasteiger partial charge on any atom is -0.280 e. The third-order valence-electron chi connectivity index (χ3n) is 3.64. The molecular formula is C16H18Cl2N2O4S2. The molecule has 2 rings (SSSR count). The molecule has 0 unspecified atom stereocenters. The Balaban J connectivity index is 2.41. The minimum absolute atomic E-state index is 0.00130. The molecule has 10 heteroatoms. The van der Waals surface area contributed by atoms with Crippen LogP contribution in [0.1, 0.15) is 13.8 Å². The maximum atomic E-state index is 12.6. The number of halogens is 2. The van der Waals surface area contributed by atoms with Gasteiger partial charge in [-0.25, -0.2) is 16.8 Å². The van der Waals surface area contributed by atoms with Crippen molar-refractivity contribution < 1.29 is 16.8 Å². The highest BCUT2D eigenvalue weighted by Gasteiger charge is 2.23. The number of benzene rings is 2. The molecule has 0 spiro atoms. The summed E-state index contributed by atoms with van der Waals surface area (Å²) < 4.78 is 53.9. The molecular weight excluding hydrogens is 419 g/mol. The van der Waals surface area contributed by atoms with Gasteiger partial charge in [0.2, 0.25) is 10.0 Å². The topological polar surface area (TPSA) is 83.6 Å². The van der Waals surface area contributed by atoms with Crippen molar-refractivity contribution in [1.82, 2.24) is 4.31 Å². The quantitative estimate of drug-likeness (QED) is 0.714. The van der Waals surface area contributed by atoms with Crippen molar-refractivity contribution in [2.24, 2.45) is 0 Å². The first-order valence-corrected chi connectivity index (χ1v) is 11.4. The molecule has 0 aromatic heterocycles. The van der Waals surface area contributed by atoms with Gasteiger partial charge in [-0.05, 0) is 30.3 Å². The average molecular weight is 437 g/mol. The molecule has 0 radical (unpaired) electrons. The Bertz CT molecular complexity index is 1000. The molecule has 0 atom stereocenters. The van der Waals surface area contributed by atoms with E-state index in [-0.39, 0.29) is 25.5 Å². The summed E-state index contributed by atoms with van der Waals surface area (Å²) in [5, 5.41) is 0.000914. The molecule has 0 aliphatic heterocycles. The monoisotopic (exact) mass is 436 g/mol. The van der Waals surface area contributed by atoms with E-state index in [1.54, 1.807) is 13.8 Å². The number of hydrogen-bond acceptors (Lipinski definition) is 4. The molecule has 0 fully saturated rings. The van der Waals surface area contributed by atoms with E-state index < -0.39 is 20.0 Å². The van der Waals surface area contributed by atoms with Crippen molar-refractivity contribution in [3.05, 3.63) is 52.5 Å². The van der Waals surface area contributed by atoms with Gasteiger partial charge in [0.25, 0.3) is 10.0 Å². The first kappa shape index (κ1) is 21.0. The van der Waals surface area contributed by atoms with E-state index in [0.29, 0.717) is 13.1 Å². The molecule has 0 heterocycles. The van der Waals surface area contributed by atoms with Gasteiger partial charge < -0.3 is 0 Å². The lowest BCUT2D eigenvalue weighted by molar-refractivity contribution is 0.445. The lowest BCUT2D eigenvalue weighted by Crippen LogP contribution is -2.30. The van der Waals surface area contributed by atoms with E-state index >= 15 is 0 Å². The van der Waals surface area contributed by atoms with Gasteiger partial charge in [0.05, 0.1) is 20.6 Å². The van der Waals surface area contributed by atoms with Crippen LogP contribution in [-0.4, -0.2) is 34.2 Å². The SMILES string of the molecule is CCN(CC)S(=O)(=O)c1cccc(NS(=O)(=O)c2cccc(Cl)c2Cl)c1. The maximum absolute atomic E-state index is 12.6. The van der Waals surface area contributed by atoms with Gasteiger partial charge in [0, 0.05) is 13.1 Å². The van der Waals surface area contributed by atoms with Crippen LogP contribution in [-0.2, 0) is 20.0 Å². The summed E-state index contributed by atoms with van der Waals surface area (Å²) in [5.74, 6) is 0. The lowest BCUT2D eigenvalue weighted by Gasteiger charge is -2.19. The first-order valence-electron chi connectivity index (χ1n) is 7.70. The Kier molecular flexibility index (Phi) is 6.57. The van der Waals surface area contributed by atoms with Gasteiger partial charge >= 0.3 is 0 Å². The van der Waals surface area contributed by atoms with Crippen LogP contribution in [0.3, 0.4) is 0 Å². The predicted octanol–water partition coefficient (Wildman–Crippen LogP) is 3.82.